The van der Waals surface area contributed by atoms with E-state index >= 15 is 0 Å². The minimum Gasteiger partial charge on any atom is -0.384 e. The molecule has 0 aliphatic rings. The van der Waals surface area contributed by atoms with Crippen molar-refractivity contribution in [2.75, 3.05) is 12.0 Å². The molecule has 15 heavy (non-hydrogen) atoms. The lowest BCUT2D eigenvalue weighted by atomic mass is 10.1. The van der Waals surface area contributed by atoms with Gasteiger partial charge in [-0.2, -0.15) is 0 Å². The zero-order valence-corrected chi connectivity index (χ0v) is 9.29. The first-order valence-electron chi connectivity index (χ1n) is 4.66. The fourth-order valence-corrected chi connectivity index (χ4v) is 1.87. The van der Waals surface area contributed by atoms with Crippen LogP contribution in [0.1, 0.15) is 0 Å². The second kappa shape index (κ2) is 4.36. The molecular formula is C12H12N2S. The molecule has 0 aliphatic carbocycles. The van der Waals surface area contributed by atoms with Crippen molar-refractivity contribution in [3.63, 3.8) is 0 Å². The van der Waals surface area contributed by atoms with Crippen LogP contribution in [0.4, 0.5) is 5.82 Å². The molecule has 0 unspecified atom stereocenters. The molecule has 2 nitrogen and oxygen atoms in total. The summed E-state index contributed by atoms with van der Waals surface area (Å²) >= 11 is 1.67. The number of rotatable bonds is 2. The Morgan fingerprint density at radius 1 is 1.13 bits per heavy atom. The predicted molar refractivity (Wildman–Crippen MR) is 65.9 cm³/mol. The Kier molecular flexibility index (Phi) is 2.92. The summed E-state index contributed by atoms with van der Waals surface area (Å²) in [5, 5.41) is 0. The lowest BCUT2D eigenvalue weighted by Gasteiger charge is -2.04. The van der Waals surface area contributed by atoms with Gasteiger partial charge in [0.25, 0.3) is 0 Å². The number of aromatic nitrogens is 1. The van der Waals surface area contributed by atoms with Gasteiger partial charge >= 0.3 is 0 Å². The molecule has 2 rings (SSSR count). The van der Waals surface area contributed by atoms with Gasteiger partial charge < -0.3 is 5.73 Å². The summed E-state index contributed by atoms with van der Waals surface area (Å²) in [6.45, 7) is 0. The zero-order chi connectivity index (χ0) is 10.7. The Labute approximate surface area is 93.5 Å². The molecular weight excluding hydrogens is 204 g/mol. The Morgan fingerprint density at radius 2 is 1.87 bits per heavy atom. The van der Waals surface area contributed by atoms with Crippen LogP contribution in [0, 0.1) is 0 Å². The van der Waals surface area contributed by atoms with Crippen molar-refractivity contribution in [3.05, 3.63) is 42.5 Å². The minimum absolute atomic E-state index is 0.570. The van der Waals surface area contributed by atoms with Crippen molar-refractivity contribution >= 4 is 17.6 Å². The average molecular weight is 216 g/mol. The smallest absolute Gasteiger partial charge is 0.125 e. The summed E-state index contributed by atoms with van der Waals surface area (Å²) in [7, 11) is 0. The third-order valence-electron chi connectivity index (χ3n) is 2.12. The van der Waals surface area contributed by atoms with Crippen LogP contribution < -0.4 is 5.73 Å². The molecule has 0 amide bonds. The first-order valence-corrected chi connectivity index (χ1v) is 5.89. The van der Waals surface area contributed by atoms with E-state index in [4.69, 9.17) is 5.73 Å². The third-order valence-corrected chi connectivity index (χ3v) is 2.83. The van der Waals surface area contributed by atoms with E-state index in [1.807, 2.05) is 42.7 Å². The maximum absolute atomic E-state index is 5.75. The van der Waals surface area contributed by atoms with Gasteiger partial charge in [0.15, 0.2) is 0 Å². The number of anilines is 1. The highest BCUT2D eigenvalue weighted by Gasteiger charge is 2.01. The molecule has 1 aromatic heterocycles. The van der Waals surface area contributed by atoms with Gasteiger partial charge in [-0.05, 0) is 18.4 Å². The van der Waals surface area contributed by atoms with Crippen LogP contribution in [-0.4, -0.2) is 11.2 Å². The van der Waals surface area contributed by atoms with Crippen molar-refractivity contribution in [2.24, 2.45) is 0 Å². The molecule has 0 saturated heterocycles. The highest BCUT2D eigenvalue weighted by Crippen LogP contribution is 2.24. The standard InChI is InChI=1S/C12H12N2S/c1-15-10-7-11(14-12(13)8-10)9-5-3-2-4-6-9/h2-8H,1H3,(H2,13,14). The van der Waals surface area contributed by atoms with Crippen molar-refractivity contribution in [1.82, 2.24) is 4.98 Å². The van der Waals surface area contributed by atoms with E-state index in [0.717, 1.165) is 16.2 Å². The Balaban J connectivity index is 2.49. The van der Waals surface area contributed by atoms with Crippen molar-refractivity contribution in [3.8, 4) is 11.3 Å². The van der Waals surface area contributed by atoms with Crippen LogP contribution in [-0.2, 0) is 0 Å². The second-order valence-corrected chi connectivity index (χ2v) is 4.06. The van der Waals surface area contributed by atoms with Crippen LogP contribution in [0.3, 0.4) is 0 Å². The predicted octanol–water partition coefficient (Wildman–Crippen LogP) is 3.05. The summed E-state index contributed by atoms with van der Waals surface area (Å²) in [6, 6.07) is 14.0. The van der Waals surface area contributed by atoms with Crippen LogP contribution in [0.25, 0.3) is 11.3 Å². The van der Waals surface area contributed by atoms with E-state index in [1.165, 1.54) is 0 Å². The Morgan fingerprint density at radius 3 is 2.53 bits per heavy atom. The zero-order valence-electron chi connectivity index (χ0n) is 8.47. The van der Waals surface area contributed by atoms with Gasteiger partial charge in [0.05, 0.1) is 5.69 Å². The van der Waals surface area contributed by atoms with Gasteiger partial charge in [0.1, 0.15) is 5.82 Å². The van der Waals surface area contributed by atoms with E-state index in [0.29, 0.717) is 5.82 Å². The summed E-state index contributed by atoms with van der Waals surface area (Å²) in [5.74, 6) is 0.570. The van der Waals surface area contributed by atoms with Gasteiger partial charge in [0.2, 0.25) is 0 Å². The molecule has 1 heterocycles. The number of nitrogens with zero attached hydrogens (tertiary/aromatic N) is 1. The lowest BCUT2D eigenvalue weighted by Crippen LogP contribution is -1.92. The van der Waals surface area contributed by atoms with Crippen LogP contribution in [0.2, 0.25) is 0 Å². The highest BCUT2D eigenvalue weighted by molar-refractivity contribution is 7.98. The van der Waals surface area contributed by atoms with Crippen molar-refractivity contribution in [2.45, 2.75) is 4.90 Å². The molecule has 2 N–H and O–H groups in total. The number of pyridine rings is 1. The molecule has 0 aliphatic heterocycles. The molecule has 0 atom stereocenters. The maximum atomic E-state index is 5.75. The quantitative estimate of drug-likeness (QED) is 0.784. The fraction of sp³-hybridized carbons (Fsp3) is 0.0833. The molecule has 3 heteroatoms. The molecule has 0 fully saturated rings. The average Bonchev–Trinajstić information content (AvgIpc) is 2.29. The monoisotopic (exact) mass is 216 g/mol. The fourth-order valence-electron chi connectivity index (χ4n) is 1.40. The van der Waals surface area contributed by atoms with E-state index in [9.17, 15) is 0 Å². The third kappa shape index (κ3) is 2.30. The normalized spacial score (nSPS) is 10.2. The summed E-state index contributed by atoms with van der Waals surface area (Å²) in [4.78, 5) is 5.46. The molecule has 0 spiro atoms. The first-order chi connectivity index (χ1) is 7.29. The van der Waals surface area contributed by atoms with E-state index < -0.39 is 0 Å². The molecule has 2 aromatic rings. The molecule has 0 bridgehead atoms. The number of benzene rings is 1. The number of nitrogen functional groups attached to an aromatic ring is 1. The van der Waals surface area contributed by atoms with Gasteiger partial charge in [0, 0.05) is 10.5 Å². The number of nitrogens with two attached hydrogens (primary N) is 1. The molecule has 0 saturated carbocycles. The molecule has 1 aromatic carbocycles. The summed E-state index contributed by atoms with van der Waals surface area (Å²) < 4.78 is 0. The van der Waals surface area contributed by atoms with Crippen molar-refractivity contribution in [1.29, 1.82) is 0 Å². The molecule has 0 radical (unpaired) electrons. The maximum Gasteiger partial charge on any atom is 0.125 e. The Bertz CT molecular complexity index is 454. The van der Waals surface area contributed by atoms with Gasteiger partial charge in [-0.15, -0.1) is 11.8 Å². The number of hydrogen-bond donors (Lipinski definition) is 1. The topological polar surface area (TPSA) is 38.9 Å². The molecule has 76 valence electrons. The highest BCUT2D eigenvalue weighted by atomic mass is 32.2. The largest absolute Gasteiger partial charge is 0.384 e. The lowest BCUT2D eigenvalue weighted by molar-refractivity contribution is 1.27. The van der Waals surface area contributed by atoms with E-state index in [-0.39, 0.29) is 0 Å². The van der Waals surface area contributed by atoms with Gasteiger partial charge in [-0.1, -0.05) is 30.3 Å². The van der Waals surface area contributed by atoms with Crippen LogP contribution in [0.15, 0.2) is 47.4 Å². The van der Waals surface area contributed by atoms with Crippen molar-refractivity contribution < 1.29 is 0 Å². The van der Waals surface area contributed by atoms with Crippen LogP contribution in [0.5, 0.6) is 0 Å². The summed E-state index contributed by atoms with van der Waals surface area (Å²) in [6.07, 6.45) is 2.03. The second-order valence-electron chi connectivity index (χ2n) is 3.18. The minimum atomic E-state index is 0.570. The summed E-state index contributed by atoms with van der Waals surface area (Å²) in [5.41, 5.74) is 7.78. The first kappa shape index (κ1) is 10.1. The Hall–Kier alpha value is -1.48. The van der Waals surface area contributed by atoms with Gasteiger partial charge in [-0.25, -0.2) is 4.98 Å². The van der Waals surface area contributed by atoms with E-state index in [1.54, 1.807) is 11.8 Å². The van der Waals surface area contributed by atoms with E-state index in [2.05, 4.69) is 11.1 Å². The van der Waals surface area contributed by atoms with Gasteiger partial charge in [-0.3, -0.25) is 0 Å². The van der Waals surface area contributed by atoms with Crippen LogP contribution >= 0.6 is 11.8 Å². The number of hydrogen-bond acceptors (Lipinski definition) is 3. The number of thioether (sulfide) groups is 1. The SMILES string of the molecule is CSc1cc(N)nc(-c2ccccc2)c1.